The lowest BCUT2D eigenvalue weighted by Crippen LogP contribution is -2.41. The van der Waals surface area contributed by atoms with E-state index >= 15 is 0 Å². The van der Waals surface area contributed by atoms with Gasteiger partial charge < -0.3 is 5.73 Å². The van der Waals surface area contributed by atoms with E-state index in [-0.39, 0.29) is 6.04 Å². The van der Waals surface area contributed by atoms with E-state index in [4.69, 9.17) is 17.3 Å². The van der Waals surface area contributed by atoms with Crippen molar-refractivity contribution in [1.29, 1.82) is 0 Å². The summed E-state index contributed by atoms with van der Waals surface area (Å²) < 4.78 is 0.859. The van der Waals surface area contributed by atoms with Crippen LogP contribution >= 0.6 is 22.9 Å². The molecule has 2 unspecified atom stereocenters. The summed E-state index contributed by atoms with van der Waals surface area (Å²) in [5.41, 5.74) is 6.13. The monoisotopic (exact) mass is 258 g/mol. The van der Waals surface area contributed by atoms with Gasteiger partial charge in [0.05, 0.1) is 10.4 Å². The number of piperidine rings is 1. The highest BCUT2D eigenvalue weighted by Crippen LogP contribution is 2.33. The molecule has 1 aromatic heterocycles. The maximum atomic E-state index is 6.13. The molecule has 16 heavy (non-hydrogen) atoms. The van der Waals surface area contributed by atoms with E-state index in [9.17, 15) is 0 Å². The first kappa shape index (κ1) is 12.4. The lowest BCUT2D eigenvalue weighted by atomic mass is 10.0. The third-order valence-corrected chi connectivity index (χ3v) is 4.47. The molecule has 2 atom stereocenters. The topological polar surface area (TPSA) is 29.3 Å². The average molecular weight is 259 g/mol. The molecule has 1 fully saturated rings. The Morgan fingerprint density at radius 1 is 1.31 bits per heavy atom. The molecule has 2 heterocycles. The summed E-state index contributed by atoms with van der Waals surface area (Å²) in [6, 6.07) is 4.60. The second-order valence-electron chi connectivity index (χ2n) is 4.54. The Kier molecular flexibility index (Phi) is 4.25. The molecule has 4 heteroatoms. The molecule has 0 radical (unpaired) electrons. The second-order valence-corrected chi connectivity index (χ2v) is 6.29. The largest absolute Gasteiger partial charge is 0.326 e. The van der Waals surface area contributed by atoms with Crippen LogP contribution in [-0.4, -0.2) is 24.0 Å². The maximum Gasteiger partial charge on any atom is 0.0931 e. The van der Waals surface area contributed by atoms with Crippen molar-refractivity contribution in [3.8, 4) is 0 Å². The number of rotatable bonds is 3. The Balaban J connectivity index is 2.16. The molecule has 1 aliphatic rings. The third-order valence-electron chi connectivity index (χ3n) is 3.17. The smallest absolute Gasteiger partial charge is 0.0931 e. The van der Waals surface area contributed by atoms with Gasteiger partial charge in [-0.1, -0.05) is 18.0 Å². The lowest BCUT2D eigenvalue weighted by Gasteiger charge is -2.36. The predicted octanol–water partition coefficient (Wildman–Crippen LogP) is 3.28. The van der Waals surface area contributed by atoms with Gasteiger partial charge in [0.2, 0.25) is 0 Å². The first-order chi connectivity index (χ1) is 7.68. The van der Waals surface area contributed by atoms with Gasteiger partial charge in [0.1, 0.15) is 0 Å². The summed E-state index contributed by atoms with van der Waals surface area (Å²) in [5.74, 6) is 0. The summed E-state index contributed by atoms with van der Waals surface area (Å²) in [4.78, 5) is 3.82. The molecule has 0 bridgehead atoms. The Morgan fingerprint density at radius 3 is 2.50 bits per heavy atom. The zero-order chi connectivity index (χ0) is 11.5. The van der Waals surface area contributed by atoms with E-state index in [1.54, 1.807) is 11.3 Å². The van der Waals surface area contributed by atoms with Gasteiger partial charge in [-0.3, -0.25) is 4.90 Å². The van der Waals surface area contributed by atoms with Crippen molar-refractivity contribution in [3.63, 3.8) is 0 Å². The fourth-order valence-electron chi connectivity index (χ4n) is 2.46. The van der Waals surface area contributed by atoms with Gasteiger partial charge in [-0.05, 0) is 45.0 Å². The van der Waals surface area contributed by atoms with Crippen molar-refractivity contribution in [2.24, 2.45) is 5.73 Å². The predicted molar refractivity (Wildman–Crippen MR) is 71.1 cm³/mol. The minimum atomic E-state index is 0.160. The second kappa shape index (κ2) is 5.50. The lowest BCUT2D eigenvalue weighted by molar-refractivity contribution is 0.149. The molecular formula is C12H19ClN2S. The van der Waals surface area contributed by atoms with Crippen LogP contribution in [0.1, 0.15) is 37.1 Å². The quantitative estimate of drug-likeness (QED) is 0.902. The molecule has 0 saturated carbocycles. The zero-order valence-electron chi connectivity index (χ0n) is 9.66. The summed E-state index contributed by atoms with van der Waals surface area (Å²) in [6.07, 6.45) is 3.94. The van der Waals surface area contributed by atoms with Crippen LogP contribution in [0, 0.1) is 0 Å². The summed E-state index contributed by atoms with van der Waals surface area (Å²) in [5, 5.41) is 0. The maximum absolute atomic E-state index is 6.13. The number of hydrogen-bond acceptors (Lipinski definition) is 3. The summed E-state index contributed by atoms with van der Waals surface area (Å²) in [6.45, 7) is 4.43. The van der Waals surface area contributed by atoms with Gasteiger partial charge in [-0.15, -0.1) is 11.3 Å². The SMILES string of the molecule is CC(N)C(c1ccc(Cl)s1)N1CCCCC1. The Hall–Kier alpha value is -0.0900. The van der Waals surface area contributed by atoms with Crippen LogP contribution in [0.15, 0.2) is 12.1 Å². The number of thiophene rings is 1. The molecule has 0 amide bonds. The van der Waals surface area contributed by atoms with Gasteiger partial charge >= 0.3 is 0 Å². The molecule has 0 aliphatic carbocycles. The fraction of sp³-hybridized carbons (Fsp3) is 0.667. The standard InChI is InChI=1S/C12H19ClN2S/c1-9(14)12(10-5-6-11(13)16-10)15-7-3-2-4-8-15/h5-6,9,12H,2-4,7-8,14H2,1H3. The summed E-state index contributed by atoms with van der Waals surface area (Å²) >= 11 is 7.67. The third kappa shape index (κ3) is 2.77. The van der Waals surface area contributed by atoms with Gasteiger partial charge in [0.25, 0.3) is 0 Å². The molecule has 1 saturated heterocycles. The Labute approximate surface area is 106 Å². The van der Waals surface area contributed by atoms with Gasteiger partial charge in [-0.2, -0.15) is 0 Å². The van der Waals surface area contributed by atoms with Crippen LogP contribution in [0.25, 0.3) is 0 Å². The summed E-state index contributed by atoms with van der Waals surface area (Å²) in [7, 11) is 0. The minimum absolute atomic E-state index is 0.160. The van der Waals surface area contributed by atoms with Crippen molar-refractivity contribution in [1.82, 2.24) is 4.90 Å². The number of nitrogens with two attached hydrogens (primary N) is 1. The van der Waals surface area contributed by atoms with Crippen LogP contribution in [0.5, 0.6) is 0 Å². The highest BCUT2D eigenvalue weighted by molar-refractivity contribution is 7.16. The van der Waals surface area contributed by atoms with Crippen LogP contribution in [0.4, 0.5) is 0 Å². The fourth-order valence-corrected chi connectivity index (χ4v) is 3.77. The van der Waals surface area contributed by atoms with Crippen LogP contribution in [0.3, 0.4) is 0 Å². The van der Waals surface area contributed by atoms with Crippen molar-refractivity contribution >= 4 is 22.9 Å². The molecule has 1 aliphatic heterocycles. The van der Waals surface area contributed by atoms with Crippen molar-refractivity contribution in [3.05, 3.63) is 21.3 Å². The van der Waals surface area contributed by atoms with Crippen LogP contribution in [0.2, 0.25) is 4.34 Å². The molecule has 2 nitrogen and oxygen atoms in total. The first-order valence-electron chi connectivity index (χ1n) is 5.93. The highest BCUT2D eigenvalue weighted by Gasteiger charge is 2.26. The number of hydrogen-bond donors (Lipinski definition) is 1. The van der Waals surface area contributed by atoms with Gasteiger partial charge in [0.15, 0.2) is 0 Å². The highest BCUT2D eigenvalue weighted by atomic mass is 35.5. The van der Waals surface area contributed by atoms with E-state index in [2.05, 4.69) is 17.9 Å². The van der Waals surface area contributed by atoms with Crippen molar-refractivity contribution < 1.29 is 0 Å². The van der Waals surface area contributed by atoms with Gasteiger partial charge in [0, 0.05) is 10.9 Å². The van der Waals surface area contributed by atoms with Crippen molar-refractivity contribution in [2.75, 3.05) is 13.1 Å². The normalized spacial score (nSPS) is 21.9. The van der Waals surface area contributed by atoms with Gasteiger partial charge in [-0.25, -0.2) is 0 Å². The van der Waals surface area contributed by atoms with E-state index in [1.165, 1.54) is 37.2 Å². The Morgan fingerprint density at radius 2 is 2.00 bits per heavy atom. The first-order valence-corrected chi connectivity index (χ1v) is 7.13. The number of halogens is 1. The molecule has 1 aromatic rings. The molecule has 90 valence electrons. The average Bonchev–Trinajstić information content (AvgIpc) is 2.66. The van der Waals surface area contributed by atoms with E-state index in [0.717, 1.165) is 4.34 Å². The minimum Gasteiger partial charge on any atom is -0.326 e. The van der Waals surface area contributed by atoms with E-state index < -0.39 is 0 Å². The van der Waals surface area contributed by atoms with Crippen molar-refractivity contribution in [2.45, 2.75) is 38.3 Å². The van der Waals surface area contributed by atoms with Crippen LogP contribution in [-0.2, 0) is 0 Å². The molecule has 0 aromatic carbocycles. The zero-order valence-corrected chi connectivity index (χ0v) is 11.2. The molecule has 2 N–H and O–H groups in total. The van der Waals surface area contributed by atoms with Crippen LogP contribution < -0.4 is 5.73 Å². The number of nitrogens with zero attached hydrogens (tertiary/aromatic N) is 1. The number of likely N-dealkylation sites (tertiary alicyclic amines) is 1. The van der Waals surface area contributed by atoms with E-state index in [0.29, 0.717) is 6.04 Å². The molecule has 0 spiro atoms. The molecular weight excluding hydrogens is 240 g/mol. The molecule has 2 rings (SSSR count). The Bertz CT molecular complexity index is 332. The van der Waals surface area contributed by atoms with E-state index in [1.807, 2.05) is 6.07 Å².